The van der Waals surface area contributed by atoms with Gasteiger partial charge in [0.15, 0.2) is 11.9 Å². The Morgan fingerprint density at radius 1 is 1.32 bits per heavy atom. The van der Waals surface area contributed by atoms with Gasteiger partial charge in [0.1, 0.15) is 0 Å². The number of aromatic nitrogens is 1. The summed E-state index contributed by atoms with van der Waals surface area (Å²) >= 11 is 1.48. The molecule has 0 spiro atoms. The van der Waals surface area contributed by atoms with Crippen molar-refractivity contribution in [3.63, 3.8) is 0 Å². The molecule has 0 saturated heterocycles. The highest BCUT2D eigenvalue weighted by Crippen LogP contribution is 2.12. The highest BCUT2D eigenvalue weighted by atomic mass is 32.1. The summed E-state index contributed by atoms with van der Waals surface area (Å²) in [7, 11) is 0. The molecule has 25 heavy (non-hydrogen) atoms. The van der Waals surface area contributed by atoms with E-state index in [1.54, 1.807) is 24.3 Å². The number of ether oxygens (including phenoxy) is 1. The SMILES string of the molecule is CC(=O)c1cccc(NC(=O)C(C)OC(=O)/C=C/c2csc(C)n2)c1. The average molecular weight is 358 g/mol. The lowest BCUT2D eigenvalue weighted by atomic mass is 10.1. The van der Waals surface area contributed by atoms with Crippen molar-refractivity contribution in [2.75, 3.05) is 5.32 Å². The lowest BCUT2D eigenvalue weighted by Gasteiger charge is -2.12. The second kappa shape index (κ2) is 8.34. The Kier molecular flexibility index (Phi) is 6.19. The van der Waals surface area contributed by atoms with E-state index in [9.17, 15) is 14.4 Å². The lowest BCUT2D eigenvalue weighted by Crippen LogP contribution is -2.29. The highest BCUT2D eigenvalue weighted by Gasteiger charge is 2.17. The van der Waals surface area contributed by atoms with Gasteiger partial charge in [-0.25, -0.2) is 9.78 Å². The third-order valence-corrected chi connectivity index (χ3v) is 4.02. The average Bonchev–Trinajstić information content (AvgIpc) is 2.98. The van der Waals surface area contributed by atoms with Gasteiger partial charge in [-0.15, -0.1) is 11.3 Å². The molecule has 1 atom stereocenters. The molecule has 7 heteroatoms. The molecular weight excluding hydrogens is 340 g/mol. The molecule has 1 unspecified atom stereocenters. The zero-order valence-electron chi connectivity index (χ0n) is 14.1. The fraction of sp³-hybridized carbons (Fsp3) is 0.222. The minimum Gasteiger partial charge on any atom is -0.449 e. The van der Waals surface area contributed by atoms with Crippen molar-refractivity contribution >= 4 is 40.8 Å². The third kappa shape index (κ3) is 5.65. The first kappa shape index (κ1) is 18.5. The highest BCUT2D eigenvalue weighted by molar-refractivity contribution is 7.09. The van der Waals surface area contributed by atoms with E-state index in [1.807, 2.05) is 12.3 Å². The van der Waals surface area contributed by atoms with Crippen molar-refractivity contribution in [2.45, 2.75) is 26.9 Å². The molecule has 0 fully saturated rings. The first-order valence-corrected chi connectivity index (χ1v) is 8.46. The predicted molar refractivity (Wildman–Crippen MR) is 96.5 cm³/mol. The van der Waals surface area contributed by atoms with Crippen LogP contribution < -0.4 is 5.32 Å². The van der Waals surface area contributed by atoms with Crippen LogP contribution >= 0.6 is 11.3 Å². The van der Waals surface area contributed by atoms with E-state index in [2.05, 4.69) is 10.3 Å². The second-order valence-electron chi connectivity index (χ2n) is 5.33. The second-order valence-corrected chi connectivity index (χ2v) is 6.39. The molecule has 6 nitrogen and oxygen atoms in total. The number of rotatable bonds is 6. The maximum atomic E-state index is 12.1. The number of hydrogen-bond acceptors (Lipinski definition) is 6. The summed E-state index contributed by atoms with van der Waals surface area (Å²) in [4.78, 5) is 39.4. The number of carbonyl (C=O) groups is 3. The Balaban J connectivity index is 1.91. The summed E-state index contributed by atoms with van der Waals surface area (Å²) in [6.45, 7) is 4.79. The number of benzene rings is 1. The monoisotopic (exact) mass is 358 g/mol. The third-order valence-electron chi connectivity index (χ3n) is 3.23. The minimum absolute atomic E-state index is 0.0991. The number of esters is 1. The maximum Gasteiger partial charge on any atom is 0.331 e. The van der Waals surface area contributed by atoms with E-state index in [4.69, 9.17) is 4.74 Å². The first-order valence-electron chi connectivity index (χ1n) is 7.58. The largest absolute Gasteiger partial charge is 0.449 e. The van der Waals surface area contributed by atoms with Crippen molar-refractivity contribution in [1.82, 2.24) is 4.98 Å². The Labute approximate surface area is 149 Å². The molecule has 2 aromatic rings. The molecule has 0 saturated carbocycles. The summed E-state index contributed by atoms with van der Waals surface area (Å²) in [6, 6.07) is 6.55. The molecule has 1 N–H and O–H groups in total. The molecule has 0 radical (unpaired) electrons. The number of anilines is 1. The van der Waals surface area contributed by atoms with Crippen molar-refractivity contribution in [3.05, 3.63) is 52.0 Å². The quantitative estimate of drug-likeness (QED) is 0.487. The summed E-state index contributed by atoms with van der Waals surface area (Å²) in [6.07, 6.45) is 1.79. The van der Waals surface area contributed by atoms with Crippen LogP contribution in [-0.4, -0.2) is 28.7 Å². The molecule has 130 valence electrons. The van der Waals surface area contributed by atoms with E-state index >= 15 is 0 Å². The van der Waals surface area contributed by atoms with Crippen LogP contribution in [0.1, 0.15) is 34.9 Å². The number of hydrogen-bond donors (Lipinski definition) is 1. The van der Waals surface area contributed by atoms with Crippen molar-refractivity contribution in [2.24, 2.45) is 0 Å². The van der Waals surface area contributed by atoms with Gasteiger partial charge in [0, 0.05) is 22.7 Å². The molecule has 0 aliphatic rings. The van der Waals surface area contributed by atoms with Gasteiger partial charge in [0.25, 0.3) is 5.91 Å². The van der Waals surface area contributed by atoms with Gasteiger partial charge in [0.05, 0.1) is 10.7 Å². The van der Waals surface area contributed by atoms with E-state index in [-0.39, 0.29) is 5.78 Å². The van der Waals surface area contributed by atoms with E-state index in [0.717, 1.165) is 5.01 Å². The summed E-state index contributed by atoms with van der Waals surface area (Å²) in [5.74, 6) is -1.21. The topological polar surface area (TPSA) is 85.4 Å². The zero-order valence-corrected chi connectivity index (χ0v) is 14.9. The summed E-state index contributed by atoms with van der Waals surface area (Å²) < 4.78 is 5.06. The van der Waals surface area contributed by atoms with Crippen LogP contribution in [0.3, 0.4) is 0 Å². The van der Waals surface area contributed by atoms with Crippen molar-refractivity contribution in [3.8, 4) is 0 Å². The van der Waals surface area contributed by atoms with Crippen LogP contribution in [-0.2, 0) is 14.3 Å². The molecule has 0 bridgehead atoms. The Morgan fingerprint density at radius 2 is 2.08 bits per heavy atom. The van der Waals surface area contributed by atoms with Crippen LogP contribution in [0.2, 0.25) is 0 Å². The van der Waals surface area contributed by atoms with Crippen molar-refractivity contribution in [1.29, 1.82) is 0 Å². The Hall–Kier alpha value is -2.80. The number of ketones is 1. The van der Waals surface area contributed by atoms with E-state index in [0.29, 0.717) is 16.9 Å². The molecule has 0 aliphatic heterocycles. The van der Waals surface area contributed by atoms with Crippen LogP contribution in [0.25, 0.3) is 6.08 Å². The van der Waals surface area contributed by atoms with Gasteiger partial charge in [-0.1, -0.05) is 12.1 Å². The van der Waals surface area contributed by atoms with Gasteiger partial charge < -0.3 is 10.1 Å². The van der Waals surface area contributed by atoms with Gasteiger partial charge in [-0.2, -0.15) is 0 Å². The number of nitrogens with one attached hydrogen (secondary N) is 1. The van der Waals surface area contributed by atoms with Crippen LogP contribution in [0, 0.1) is 6.92 Å². The van der Waals surface area contributed by atoms with Crippen LogP contribution in [0.4, 0.5) is 5.69 Å². The number of nitrogens with zero attached hydrogens (tertiary/aromatic N) is 1. The Morgan fingerprint density at radius 3 is 2.72 bits per heavy atom. The smallest absolute Gasteiger partial charge is 0.331 e. The molecular formula is C18H18N2O4S. The van der Waals surface area contributed by atoms with E-state index in [1.165, 1.54) is 37.3 Å². The fourth-order valence-electron chi connectivity index (χ4n) is 1.94. The summed E-state index contributed by atoms with van der Waals surface area (Å²) in [5, 5.41) is 5.33. The number of amides is 1. The fourth-order valence-corrected chi connectivity index (χ4v) is 2.52. The molecule has 1 aromatic carbocycles. The van der Waals surface area contributed by atoms with Gasteiger partial charge in [-0.05, 0) is 39.0 Å². The zero-order chi connectivity index (χ0) is 18.4. The maximum absolute atomic E-state index is 12.1. The van der Waals surface area contributed by atoms with Gasteiger partial charge in [0.2, 0.25) is 0 Å². The molecule has 1 heterocycles. The summed E-state index contributed by atoms with van der Waals surface area (Å²) in [5.41, 5.74) is 1.62. The van der Waals surface area contributed by atoms with Crippen LogP contribution in [0.15, 0.2) is 35.7 Å². The first-order chi connectivity index (χ1) is 11.8. The Bertz CT molecular complexity index is 826. The lowest BCUT2D eigenvalue weighted by molar-refractivity contribution is -0.148. The number of carbonyl (C=O) groups excluding carboxylic acids is 3. The number of Topliss-reactive ketones (excluding diaryl/α,β-unsaturated/α-hetero) is 1. The molecule has 0 aliphatic carbocycles. The van der Waals surface area contributed by atoms with Gasteiger partial charge in [-0.3, -0.25) is 9.59 Å². The predicted octanol–water partition coefficient (Wildman–Crippen LogP) is 3.24. The van der Waals surface area contributed by atoms with Crippen molar-refractivity contribution < 1.29 is 19.1 Å². The molecule has 1 aromatic heterocycles. The normalized spacial score (nSPS) is 12.0. The number of thiazole rings is 1. The molecule has 1 amide bonds. The standard InChI is InChI=1S/C18H18N2O4S/c1-11(21)14-5-4-6-15(9-14)20-18(23)12(2)24-17(22)8-7-16-10-25-13(3)19-16/h4-10,12H,1-3H3,(H,20,23)/b8-7+. The van der Waals surface area contributed by atoms with E-state index < -0.39 is 18.0 Å². The number of aryl methyl sites for hydroxylation is 1. The molecule has 2 rings (SSSR count). The minimum atomic E-state index is -0.977. The van der Waals surface area contributed by atoms with Gasteiger partial charge >= 0.3 is 5.97 Å². The van der Waals surface area contributed by atoms with Crippen LogP contribution in [0.5, 0.6) is 0 Å².